The van der Waals surface area contributed by atoms with Gasteiger partial charge in [-0.25, -0.2) is 4.68 Å². The number of aromatic nitrogens is 2. The summed E-state index contributed by atoms with van der Waals surface area (Å²) >= 11 is 3.28. The minimum absolute atomic E-state index is 0.343. The Bertz CT molecular complexity index is 550. The van der Waals surface area contributed by atoms with Gasteiger partial charge in [-0.05, 0) is 34.1 Å². The van der Waals surface area contributed by atoms with Crippen LogP contribution in [0.4, 0.5) is 5.69 Å². The van der Waals surface area contributed by atoms with Crippen LogP contribution in [0.3, 0.4) is 0 Å². The molecule has 0 spiro atoms. The molecule has 2 aromatic rings. The van der Waals surface area contributed by atoms with Crippen molar-refractivity contribution in [3.8, 4) is 5.69 Å². The monoisotopic (exact) mass is 280 g/mol. The molecule has 0 unspecified atom stereocenters. The van der Waals surface area contributed by atoms with Crippen molar-refractivity contribution < 1.29 is 4.79 Å². The van der Waals surface area contributed by atoms with Crippen LogP contribution in [0.1, 0.15) is 10.4 Å². The van der Waals surface area contributed by atoms with E-state index in [-0.39, 0.29) is 0 Å². The van der Waals surface area contributed by atoms with E-state index >= 15 is 0 Å². The highest BCUT2D eigenvalue weighted by molar-refractivity contribution is 9.10. The number of benzene rings is 1. The maximum Gasteiger partial charge on any atom is 0.250 e. The fourth-order valence-corrected chi connectivity index (χ4v) is 1.67. The quantitative estimate of drug-likeness (QED) is 0.814. The van der Waals surface area contributed by atoms with E-state index in [0.717, 1.165) is 4.47 Å². The van der Waals surface area contributed by atoms with Crippen LogP contribution < -0.4 is 11.5 Å². The van der Waals surface area contributed by atoms with Crippen LogP contribution in [-0.2, 0) is 0 Å². The predicted octanol–water partition coefficient (Wildman–Crippen LogP) is 1.32. The SMILES string of the molecule is NC(=O)c1cc(N)ccc1-n1cc(Br)cn1. The Kier molecular flexibility index (Phi) is 2.66. The summed E-state index contributed by atoms with van der Waals surface area (Å²) in [7, 11) is 0. The number of nitrogens with zero attached hydrogens (tertiary/aromatic N) is 2. The first-order valence-electron chi connectivity index (χ1n) is 4.48. The minimum atomic E-state index is -0.533. The molecule has 6 heteroatoms. The lowest BCUT2D eigenvalue weighted by Crippen LogP contribution is -2.15. The van der Waals surface area contributed by atoms with Crippen LogP contribution in [-0.4, -0.2) is 15.7 Å². The van der Waals surface area contributed by atoms with Crippen molar-refractivity contribution in [2.75, 3.05) is 5.73 Å². The molecule has 2 rings (SSSR count). The normalized spacial score (nSPS) is 10.3. The molecule has 1 aromatic carbocycles. The van der Waals surface area contributed by atoms with Crippen molar-refractivity contribution in [1.82, 2.24) is 9.78 Å². The first-order valence-corrected chi connectivity index (χ1v) is 5.27. The molecule has 0 radical (unpaired) electrons. The van der Waals surface area contributed by atoms with Gasteiger partial charge in [0.25, 0.3) is 5.91 Å². The zero-order chi connectivity index (χ0) is 11.7. The topological polar surface area (TPSA) is 86.9 Å². The van der Waals surface area contributed by atoms with Gasteiger partial charge in [-0.15, -0.1) is 0 Å². The molecule has 5 nitrogen and oxygen atoms in total. The third-order valence-electron chi connectivity index (χ3n) is 2.08. The summed E-state index contributed by atoms with van der Waals surface area (Å²) in [6, 6.07) is 4.93. The van der Waals surface area contributed by atoms with Gasteiger partial charge in [0.05, 0.1) is 21.9 Å². The van der Waals surface area contributed by atoms with Gasteiger partial charge in [-0.1, -0.05) is 0 Å². The first kappa shape index (κ1) is 10.7. The van der Waals surface area contributed by atoms with E-state index in [1.54, 1.807) is 29.2 Å². The number of carbonyl (C=O) groups excluding carboxylic acids is 1. The van der Waals surface area contributed by atoms with Gasteiger partial charge in [0.2, 0.25) is 0 Å². The smallest absolute Gasteiger partial charge is 0.250 e. The number of nitrogens with two attached hydrogens (primary N) is 2. The van der Waals surface area contributed by atoms with E-state index in [0.29, 0.717) is 16.9 Å². The Labute approximate surface area is 100 Å². The van der Waals surface area contributed by atoms with Gasteiger partial charge in [-0.3, -0.25) is 4.79 Å². The second kappa shape index (κ2) is 3.97. The summed E-state index contributed by atoms with van der Waals surface area (Å²) in [4.78, 5) is 11.3. The van der Waals surface area contributed by atoms with Gasteiger partial charge in [0.1, 0.15) is 0 Å². The van der Waals surface area contributed by atoms with Gasteiger partial charge < -0.3 is 11.5 Å². The number of hydrogen-bond donors (Lipinski definition) is 2. The highest BCUT2D eigenvalue weighted by Gasteiger charge is 2.11. The van der Waals surface area contributed by atoms with Crippen molar-refractivity contribution in [3.05, 3.63) is 40.6 Å². The number of nitrogen functional groups attached to an aromatic ring is 1. The zero-order valence-electron chi connectivity index (χ0n) is 8.22. The van der Waals surface area contributed by atoms with Crippen molar-refractivity contribution in [2.24, 2.45) is 5.73 Å². The molecule has 0 fully saturated rings. The molecule has 1 aromatic heterocycles. The maximum atomic E-state index is 11.3. The highest BCUT2D eigenvalue weighted by Crippen LogP contribution is 2.19. The Hall–Kier alpha value is -1.82. The van der Waals surface area contributed by atoms with Crippen LogP contribution >= 0.6 is 15.9 Å². The van der Waals surface area contributed by atoms with E-state index in [2.05, 4.69) is 21.0 Å². The van der Waals surface area contributed by atoms with Crippen molar-refractivity contribution in [3.63, 3.8) is 0 Å². The second-order valence-corrected chi connectivity index (χ2v) is 4.16. The van der Waals surface area contributed by atoms with Gasteiger partial charge in [0.15, 0.2) is 0 Å². The third kappa shape index (κ3) is 1.92. The molecule has 82 valence electrons. The molecule has 0 bridgehead atoms. The van der Waals surface area contributed by atoms with E-state index in [4.69, 9.17) is 11.5 Å². The molecule has 1 amide bonds. The number of primary amides is 1. The standard InChI is InChI=1S/C10H9BrN4O/c11-6-4-14-15(5-6)9-2-1-7(12)3-8(9)10(13)16/h1-5H,12H2,(H2,13,16). The summed E-state index contributed by atoms with van der Waals surface area (Å²) < 4.78 is 2.38. The summed E-state index contributed by atoms with van der Waals surface area (Å²) in [5, 5.41) is 4.08. The third-order valence-corrected chi connectivity index (χ3v) is 2.49. The van der Waals surface area contributed by atoms with Crippen molar-refractivity contribution in [2.45, 2.75) is 0 Å². The second-order valence-electron chi connectivity index (χ2n) is 3.24. The minimum Gasteiger partial charge on any atom is -0.399 e. The lowest BCUT2D eigenvalue weighted by Gasteiger charge is -2.07. The van der Waals surface area contributed by atoms with Crippen LogP contribution in [0, 0.1) is 0 Å². The molecular formula is C10H9BrN4O. The van der Waals surface area contributed by atoms with Crippen LogP contribution in [0.15, 0.2) is 35.1 Å². The Morgan fingerprint density at radius 2 is 2.19 bits per heavy atom. The number of halogens is 1. The molecule has 1 heterocycles. The van der Waals surface area contributed by atoms with E-state index in [1.807, 2.05) is 0 Å². The Morgan fingerprint density at radius 3 is 2.75 bits per heavy atom. The highest BCUT2D eigenvalue weighted by atomic mass is 79.9. The summed E-state index contributed by atoms with van der Waals surface area (Å²) in [5.41, 5.74) is 12.3. The lowest BCUT2D eigenvalue weighted by molar-refractivity contribution is 0.1000. The predicted molar refractivity (Wildman–Crippen MR) is 64.2 cm³/mol. The van der Waals surface area contributed by atoms with Crippen LogP contribution in [0.5, 0.6) is 0 Å². The fourth-order valence-electron chi connectivity index (χ4n) is 1.38. The largest absolute Gasteiger partial charge is 0.399 e. The summed E-state index contributed by atoms with van der Waals surface area (Å²) in [5.74, 6) is -0.533. The Morgan fingerprint density at radius 1 is 1.44 bits per heavy atom. The van der Waals surface area contributed by atoms with Crippen LogP contribution in [0.2, 0.25) is 0 Å². The van der Waals surface area contributed by atoms with E-state index in [9.17, 15) is 4.79 Å². The molecule has 0 saturated heterocycles. The Balaban J connectivity index is 2.60. The van der Waals surface area contributed by atoms with Crippen molar-refractivity contribution >= 4 is 27.5 Å². The number of amides is 1. The first-order chi connectivity index (χ1) is 7.58. The number of anilines is 1. The molecule has 0 saturated carbocycles. The maximum absolute atomic E-state index is 11.3. The molecule has 0 aliphatic heterocycles. The molecule has 0 atom stereocenters. The summed E-state index contributed by atoms with van der Waals surface area (Å²) in [6.07, 6.45) is 3.36. The average molecular weight is 281 g/mol. The van der Waals surface area contributed by atoms with Crippen LogP contribution in [0.25, 0.3) is 5.69 Å². The van der Waals surface area contributed by atoms with Gasteiger partial charge in [0, 0.05) is 11.9 Å². The summed E-state index contributed by atoms with van der Waals surface area (Å²) in [6.45, 7) is 0. The number of carbonyl (C=O) groups is 1. The lowest BCUT2D eigenvalue weighted by atomic mass is 10.1. The van der Waals surface area contributed by atoms with E-state index in [1.165, 1.54) is 6.07 Å². The van der Waals surface area contributed by atoms with Gasteiger partial charge >= 0.3 is 0 Å². The molecule has 0 aliphatic carbocycles. The number of rotatable bonds is 2. The molecular weight excluding hydrogens is 272 g/mol. The fraction of sp³-hybridized carbons (Fsp3) is 0. The van der Waals surface area contributed by atoms with Gasteiger partial charge in [-0.2, -0.15) is 5.10 Å². The molecule has 4 N–H and O–H groups in total. The zero-order valence-corrected chi connectivity index (χ0v) is 9.81. The molecule has 0 aliphatic rings. The van der Waals surface area contributed by atoms with Crippen molar-refractivity contribution in [1.29, 1.82) is 0 Å². The average Bonchev–Trinajstić information content (AvgIpc) is 2.64. The van der Waals surface area contributed by atoms with E-state index < -0.39 is 5.91 Å². The molecule has 16 heavy (non-hydrogen) atoms. The number of hydrogen-bond acceptors (Lipinski definition) is 3.